The lowest BCUT2D eigenvalue weighted by Gasteiger charge is -2.07. The molecule has 128 valence electrons. The molecule has 6 nitrogen and oxygen atoms in total. The lowest BCUT2D eigenvalue weighted by molar-refractivity contribution is -0.116. The van der Waals surface area contributed by atoms with Crippen LogP contribution in [0.15, 0.2) is 41.4 Å². The first-order valence-electron chi connectivity index (χ1n) is 7.93. The maximum atomic E-state index is 11.8. The van der Waals surface area contributed by atoms with E-state index in [1.807, 2.05) is 19.1 Å². The van der Waals surface area contributed by atoms with Gasteiger partial charge in [0.05, 0.1) is 11.4 Å². The fourth-order valence-corrected chi connectivity index (χ4v) is 2.84. The smallest absolute Gasteiger partial charge is 0.224 e. The van der Waals surface area contributed by atoms with Crippen LogP contribution in [0.5, 0.6) is 0 Å². The first kappa shape index (κ1) is 18.1. The maximum absolute atomic E-state index is 11.8. The highest BCUT2D eigenvalue weighted by Gasteiger charge is 2.14. The van der Waals surface area contributed by atoms with Crippen LogP contribution in [0, 0.1) is 0 Å². The number of sulfone groups is 1. The lowest BCUT2D eigenvalue weighted by Crippen LogP contribution is -2.11. The summed E-state index contributed by atoms with van der Waals surface area (Å²) in [5.74, 6) is -0.0372. The molecule has 0 aliphatic carbocycles. The second kappa shape index (κ2) is 8.01. The molecule has 24 heavy (non-hydrogen) atoms. The van der Waals surface area contributed by atoms with Gasteiger partial charge in [-0.1, -0.05) is 32.4 Å². The van der Waals surface area contributed by atoms with E-state index in [4.69, 9.17) is 0 Å². The molecule has 1 N–H and O–H groups in total. The number of aromatic nitrogens is 2. The van der Waals surface area contributed by atoms with Gasteiger partial charge in [-0.2, -0.15) is 0 Å². The molecule has 0 bridgehead atoms. The van der Waals surface area contributed by atoms with Crippen LogP contribution in [0.1, 0.15) is 33.1 Å². The van der Waals surface area contributed by atoms with Gasteiger partial charge in [0.1, 0.15) is 0 Å². The summed E-state index contributed by atoms with van der Waals surface area (Å²) in [6.07, 6.45) is 2.31. The van der Waals surface area contributed by atoms with Crippen molar-refractivity contribution in [3.63, 3.8) is 0 Å². The predicted molar refractivity (Wildman–Crippen MR) is 93.3 cm³/mol. The minimum atomic E-state index is -3.36. The molecule has 7 heteroatoms. The van der Waals surface area contributed by atoms with Crippen molar-refractivity contribution in [3.8, 4) is 11.3 Å². The van der Waals surface area contributed by atoms with E-state index in [1.165, 1.54) is 6.07 Å². The zero-order chi connectivity index (χ0) is 17.6. The SMILES string of the molecule is CCCCC(=O)Nc1cccc(-c2ccc(S(=O)(=O)CC)nn2)c1. The number of nitrogens with zero attached hydrogens (tertiary/aromatic N) is 2. The van der Waals surface area contributed by atoms with E-state index >= 15 is 0 Å². The molecule has 1 amide bonds. The molecule has 0 saturated heterocycles. The van der Waals surface area contributed by atoms with Crippen LogP contribution >= 0.6 is 0 Å². The van der Waals surface area contributed by atoms with Crippen molar-refractivity contribution in [2.24, 2.45) is 0 Å². The molecule has 0 atom stereocenters. The predicted octanol–water partition coefficient (Wildman–Crippen LogP) is 3.07. The van der Waals surface area contributed by atoms with Crippen molar-refractivity contribution in [2.45, 2.75) is 38.1 Å². The monoisotopic (exact) mass is 347 g/mol. The quantitative estimate of drug-likeness (QED) is 0.831. The Hall–Kier alpha value is -2.28. The summed E-state index contributed by atoms with van der Waals surface area (Å²) >= 11 is 0. The van der Waals surface area contributed by atoms with Gasteiger partial charge in [-0.15, -0.1) is 10.2 Å². The summed E-state index contributed by atoms with van der Waals surface area (Å²) in [5, 5.41) is 10.6. The third kappa shape index (κ3) is 4.61. The lowest BCUT2D eigenvalue weighted by atomic mass is 10.1. The van der Waals surface area contributed by atoms with Gasteiger partial charge >= 0.3 is 0 Å². The highest BCUT2D eigenvalue weighted by atomic mass is 32.2. The van der Waals surface area contributed by atoms with Crippen molar-refractivity contribution in [2.75, 3.05) is 11.1 Å². The maximum Gasteiger partial charge on any atom is 0.224 e. The van der Waals surface area contributed by atoms with Crippen molar-refractivity contribution in [1.82, 2.24) is 10.2 Å². The Morgan fingerprint density at radius 3 is 2.54 bits per heavy atom. The van der Waals surface area contributed by atoms with Crippen molar-refractivity contribution < 1.29 is 13.2 Å². The van der Waals surface area contributed by atoms with Crippen LogP contribution < -0.4 is 5.32 Å². The molecular weight excluding hydrogens is 326 g/mol. The van der Waals surface area contributed by atoms with Gasteiger partial charge in [0.25, 0.3) is 0 Å². The fourth-order valence-electron chi connectivity index (χ4n) is 2.10. The first-order valence-corrected chi connectivity index (χ1v) is 9.58. The molecule has 1 heterocycles. The topological polar surface area (TPSA) is 89.0 Å². The number of hydrogen-bond donors (Lipinski definition) is 1. The summed E-state index contributed by atoms with van der Waals surface area (Å²) in [6.45, 7) is 3.60. The van der Waals surface area contributed by atoms with Crippen LogP contribution in [0.2, 0.25) is 0 Å². The first-order chi connectivity index (χ1) is 11.5. The van der Waals surface area contributed by atoms with Gasteiger partial charge in [0, 0.05) is 17.7 Å². The molecule has 0 radical (unpaired) electrons. The number of nitrogens with one attached hydrogen (secondary N) is 1. The fraction of sp³-hybridized carbons (Fsp3) is 0.353. The molecule has 2 aromatic rings. The number of unbranched alkanes of at least 4 members (excludes halogenated alkanes) is 1. The minimum Gasteiger partial charge on any atom is -0.326 e. The molecule has 0 spiro atoms. The van der Waals surface area contributed by atoms with Crippen LogP contribution in [0.25, 0.3) is 11.3 Å². The van der Waals surface area contributed by atoms with Gasteiger partial charge in [-0.25, -0.2) is 8.42 Å². The Morgan fingerprint density at radius 2 is 1.92 bits per heavy atom. The summed E-state index contributed by atoms with van der Waals surface area (Å²) in [6, 6.07) is 10.3. The van der Waals surface area contributed by atoms with E-state index < -0.39 is 9.84 Å². The second-order valence-electron chi connectivity index (χ2n) is 5.39. The molecule has 0 aliphatic rings. The molecule has 0 unspecified atom stereocenters. The molecular formula is C17H21N3O3S. The normalized spacial score (nSPS) is 11.2. The summed E-state index contributed by atoms with van der Waals surface area (Å²) in [7, 11) is -3.36. The number of anilines is 1. The average molecular weight is 347 g/mol. The van der Waals surface area contributed by atoms with Crippen molar-refractivity contribution in [1.29, 1.82) is 0 Å². The molecule has 0 fully saturated rings. The Bertz CT molecular complexity index is 802. The summed E-state index contributed by atoms with van der Waals surface area (Å²) in [5.41, 5.74) is 1.99. The number of amides is 1. The minimum absolute atomic E-state index is 0.0136. The van der Waals surface area contributed by atoms with E-state index in [2.05, 4.69) is 15.5 Å². The van der Waals surface area contributed by atoms with Gasteiger partial charge in [0.15, 0.2) is 14.9 Å². The third-order valence-corrected chi connectivity index (χ3v) is 5.15. The van der Waals surface area contributed by atoms with Crippen LogP contribution in [0.4, 0.5) is 5.69 Å². The highest BCUT2D eigenvalue weighted by Crippen LogP contribution is 2.21. The van der Waals surface area contributed by atoms with Gasteiger partial charge < -0.3 is 5.32 Å². The van der Waals surface area contributed by atoms with Gasteiger partial charge in [-0.3, -0.25) is 4.79 Å². The van der Waals surface area contributed by atoms with Crippen molar-refractivity contribution in [3.05, 3.63) is 36.4 Å². The standard InChI is InChI=1S/C17H21N3O3S/c1-3-5-9-16(21)18-14-8-6-7-13(12-14)15-10-11-17(20-19-15)24(22,23)4-2/h6-8,10-12H,3-5,9H2,1-2H3,(H,18,21). The molecule has 0 saturated carbocycles. The van der Waals surface area contributed by atoms with E-state index in [9.17, 15) is 13.2 Å². The van der Waals surface area contributed by atoms with E-state index in [-0.39, 0.29) is 16.7 Å². The van der Waals surface area contributed by atoms with Gasteiger partial charge in [0.2, 0.25) is 5.91 Å². The Morgan fingerprint density at radius 1 is 1.12 bits per heavy atom. The summed E-state index contributed by atoms with van der Waals surface area (Å²) < 4.78 is 23.5. The summed E-state index contributed by atoms with van der Waals surface area (Å²) in [4.78, 5) is 11.8. The molecule has 2 rings (SSSR count). The second-order valence-corrected chi connectivity index (χ2v) is 7.62. The number of hydrogen-bond acceptors (Lipinski definition) is 5. The Kier molecular flexibility index (Phi) is 6.03. The van der Waals surface area contributed by atoms with E-state index in [1.54, 1.807) is 25.1 Å². The molecule has 1 aromatic carbocycles. The highest BCUT2D eigenvalue weighted by molar-refractivity contribution is 7.91. The van der Waals surface area contributed by atoms with Crippen LogP contribution in [-0.4, -0.2) is 30.3 Å². The largest absolute Gasteiger partial charge is 0.326 e. The Labute approximate surface area is 142 Å². The number of carbonyl (C=O) groups is 1. The molecule has 0 aliphatic heterocycles. The van der Waals surface area contributed by atoms with Gasteiger partial charge in [-0.05, 0) is 30.7 Å². The average Bonchev–Trinajstić information content (AvgIpc) is 2.60. The number of benzene rings is 1. The molecule has 1 aromatic heterocycles. The zero-order valence-electron chi connectivity index (χ0n) is 13.8. The third-order valence-electron chi connectivity index (χ3n) is 3.54. The number of rotatable bonds is 7. The zero-order valence-corrected chi connectivity index (χ0v) is 14.6. The Balaban J connectivity index is 2.18. The van der Waals surface area contributed by atoms with Crippen molar-refractivity contribution >= 4 is 21.4 Å². The van der Waals surface area contributed by atoms with E-state index in [0.29, 0.717) is 17.8 Å². The van der Waals surface area contributed by atoms with E-state index in [0.717, 1.165) is 18.4 Å². The van der Waals surface area contributed by atoms with Crippen LogP contribution in [-0.2, 0) is 14.6 Å². The van der Waals surface area contributed by atoms with Crippen LogP contribution in [0.3, 0.4) is 0 Å². The number of carbonyl (C=O) groups excluding carboxylic acids is 1.